The second-order valence-electron chi connectivity index (χ2n) is 5.65. The molecule has 0 amide bonds. The lowest BCUT2D eigenvalue weighted by atomic mass is 9.91. The van der Waals surface area contributed by atoms with Crippen molar-refractivity contribution in [3.05, 3.63) is 107 Å². The Bertz CT molecular complexity index is 781. The van der Waals surface area contributed by atoms with E-state index in [9.17, 15) is 0 Å². The molecule has 0 N–H and O–H groups in total. The van der Waals surface area contributed by atoms with E-state index in [1.165, 1.54) is 33.4 Å². The van der Waals surface area contributed by atoms with Gasteiger partial charge in [0.2, 0.25) is 0 Å². The maximum absolute atomic E-state index is 2.27. The third-order valence-corrected chi connectivity index (χ3v) is 3.88. The molecule has 0 aliphatic heterocycles. The van der Waals surface area contributed by atoms with E-state index < -0.39 is 0 Å². The van der Waals surface area contributed by atoms with Crippen LogP contribution in [0.4, 0.5) is 0 Å². The highest BCUT2D eigenvalue weighted by atomic mass is 14.1. The third-order valence-electron chi connectivity index (χ3n) is 3.88. The molecule has 0 spiro atoms. The summed E-state index contributed by atoms with van der Waals surface area (Å²) < 4.78 is 0. The van der Waals surface area contributed by atoms with Crippen molar-refractivity contribution in [3.63, 3.8) is 0 Å². The SMILES string of the molecule is Cc1ccc(C)c(C(=Cc2ccccc2)c2ccccc2)c1. The summed E-state index contributed by atoms with van der Waals surface area (Å²) in [6.07, 6.45) is 2.27. The summed E-state index contributed by atoms with van der Waals surface area (Å²) in [5, 5.41) is 0. The highest BCUT2D eigenvalue weighted by Gasteiger charge is 2.08. The summed E-state index contributed by atoms with van der Waals surface area (Å²) >= 11 is 0. The van der Waals surface area contributed by atoms with Gasteiger partial charge in [-0.05, 0) is 47.8 Å². The number of rotatable bonds is 3. The van der Waals surface area contributed by atoms with E-state index >= 15 is 0 Å². The topological polar surface area (TPSA) is 0 Å². The summed E-state index contributed by atoms with van der Waals surface area (Å²) in [6, 6.07) is 27.8. The Kier molecular flexibility index (Phi) is 4.20. The lowest BCUT2D eigenvalue weighted by Gasteiger charge is -2.13. The van der Waals surface area contributed by atoms with Gasteiger partial charge >= 0.3 is 0 Å². The monoisotopic (exact) mass is 284 g/mol. The van der Waals surface area contributed by atoms with E-state index in [2.05, 4.69) is 98.8 Å². The Balaban J connectivity index is 2.20. The largest absolute Gasteiger partial charge is 0.0622 e. The van der Waals surface area contributed by atoms with Crippen LogP contribution >= 0.6 is 0 Å². The van der Waals surface area contributed by atoms with Crippen LogP contribution in [0.3, 0.4) is 0 Å². The van der Waals surface area contributed by atoms with E-state index in [4.69, 9.17) is 0 Å². The van der Waals surface area contributed by atoms with E-state index in [-0.39, 0.29) is 0 Å². The predicted octanol–water partition coefficient (Wildman–Crippen LogP) is 5.89. The van der Waals surface area contributed by atoms with Gasteiger partial charge in [0, 0.05) is 0 Å². The first-order valence-electron chi connectivity index (χ1n) is 7.64. The summed E-state index contributed by atoms with van der Waals surface area (Å²) in [6.45, 7) is 4.32. The van der Waals surface area contributed by atoms with E-state index in [1.54, 1.807) is 0 Å². The Morgan fingerprint density at radius 1 is 0.727 bits per heavy atom. The van der Waals surface area contributed by atoms with Crippen LogP contribution in [-0.2, 0) is 0 Å². The van der Waals surface area contributed by atoms with Gasteiger partial charge in [0.25, 0.3) is 0 Å². The van der Waals surface area contributed by atoms with Crippen molar-refractivity contribution in [3.8, 4) is 0 Å². The molecule has 0 fully saturated rings. The van der Waals surface area contributed by atoms with E-state index in [0.717, 1.165) is 0 Å². The van der Waals surface area contributed by atoms with Gasteiger partial charge in [0.05, 0.1) is 0 Å². The Morgan fingerprint density at radius 3 is 2.05 bits per heavy atom. The van der Waals surface area contributed by atoms with Crippen LogP contribution in [0.1, 0.15) is 27.8 Å². The predicted molar refractivity (Wildman–Crippen MR) is 95.8 cm³/mol. The van der Waals surface area contributed by atoms with Gasteiger partial charge in [0.1, 0.15) is 0 Å². The van der Waals surface area contributed by atoms with Crippen molar-refractivity contribution >= 4 is 11.6 Å². The highest BCUT2D eigenvalue weighted by Crippen LogP contribution is 2.29. The van der Waals surface area contributed by atoms with Crippen LogP contribution < -0.4 is 0 Å². The number of hydrogen-bond acceptors (Lipinski definition) is 0. The third kappa shape index (κ3) is 3.17. The molecule has 0 saturated carbocycles. The lowest BCUT2D eigenvalue weighted by Crippen LogP contribution is -1.93. The van der Waals surface area contributed by atoms with Gasteiger partial charge in [-0.2, -0.15) is 0 Å². The lowest BCUT2D eigenvalue weighted by molar-refractivity contribution is 1.36. The molecule has 0 radical (unpaired) electrons. The Labute approximate surface area is 132 Å². The fourth-order valence-corrected chi connectivity index (χ4v) is 2.68. The maximum Gasteiger partial charge on any atom is -0.0103 e. The van der Waals surface area contributed by atoms with Crippen molar-refractivity contribution in [1.29, 1.82) is 0 Å². The molecule has 3 aromatic carbocycles. The minimum atomic E-state index is 1.22. The van der Waals surface area contributed by atoms with Crippen LogP contribution in [0.2, 0.25) is 0 Å². The minimum absolute atomic E-state index is 1.22. The second kappa shape index (κ2) is 6.44. The van der Waals surface area contributed by atoms with Crippen molar-refractivity contribution in [2.75, 3.05) is 0 Å². The summed E-state index contributed by atoms with van der Waals surface area (Å²) in [5.41, 5.74) is 7.64. The van der Waals surface area contributed by atoms with Gasteiger partial charge < -0.3 is 0 Å². The molecule has 3 rings (SSSR count). The zero-order valence-corrected chi connectivity index (χ0v) is 13.1. The molecule has 0 atom stereocenters. The first-order valence-corrected chi connectivity index (χ1v) is 7.64. The average molecular weight is 284 g/mol. The van der Waals surface area contributed by atoms with Crippen LogP contribution in [0.5, 0.6) is 0 Å². The molecule has 0 bridgehead atoms. The van der Waals surface area contributed by atoms with Crippen LogP contribution in [0, 0.1) is 13.8 Å². The highest BCUT2D eigenvalue weighted by molar-refractivity contribution is 5.92. The smallest absolute Gasteiger partial charge is 0.0103 e. The molecule has 0 unspecified atom stereocenters. The summed E-state index contributed by atoms with van der Waals surface area (Å²) in [5.74, 6) is 0. The summed E-state index contributed by atoms with van der Waals surface area (Å²) in [4.78, 5) is 0. The molecule has 108 valence electrons. The molecule has 0 heteroatoms. The molecule has 22 heavy (non-hydrogen) atoms. The molecule has 0 saturated heterocycles. The normalized spacial score (nSPS) is 11.5. The van der Waals surface area contributed by atoms with Gasteiger partial charge in [-0.3, -0.25) is 0 Å². The maximum atomic E-state index is 2.27. The van der Waals surface area contributed by atoms with E-state index in [0.29, 0.717) is 0 Å². The van der Waals surface area contributed by atoms with Crippen molar-refractivity contribution < 1.29 is 0 Å². The quantitative estimate of drug-likeness (QED) is 0.526. The van der Waals surface area contributed by atoms with Gasteiger partial charge in [-0.1, -0.05) is 84.4 Å². The van der Waals surface area contributed by atoms with Crippen LogP contribution in [0.25, 0.3) is 11.6 Å². The average Bonchev–Trinajstić information content (AvgIpc) is 2.57. The Morgan fingerprint density at radius 2 is 1.36 bits per heavy atom. The molecule has 0 aliphatic rings. The van der Waals surface area contributed by atoms with Gasteiger partial charge in [-0.15, -0.1) is 0 Å². The zero-order chi connectivity index (χ0) is 15.4. The van der Waals surface area contributed by atoms with Crippen molar-refractivity contribution in [1.82, 2.24) is 0 Å². The van der Waals surface area contributed by atoms with Crippen molar-refractivity contribution in [2.45, 2.75) is 13.8 Å². The molecular formula is C22H20. The van der Waals surface area contributed by atoms with Gasteiger partial charge in [-0.25, -0.2) is 0 Å². The molecule has 0 nitrogen and oxygen atoms in total. The molecular weight excluding hydrogens is 264 g/mol. The number of hydrogen-bond donors (Lipinski definition) is 0. The second-order valence-corrected chi connectivity index (χ2v) is 5.65. The van der Waals surface area contributed by atoms with Gasteiger partial charge in [0.15, 0.2) is 0 Å². The Hall–Kier alpha value is -2.60. The fourth-order valence-electron chi connectivity index (χ4n) is 2.68. The molecule has 3 aromatic rings. The first-order chi connectivity index (χ1) is 10.7. The van der Waals surface area contributed by atoms with E-state index in [1.807, 2.05) is 0 Å². The first kappa shape index (κ1) is 14.3. The molecule has 0 aliphatic carbocycles. The zero-order valence-electron chi connectivity index (χ0n) is 13.1. The van der Waals surface area contributed by atoms with Crippen LogP contribution in [0.15, 0.2) is 78.9 Å². The molecule has 0 aromatic heterocycles. The number of aryl methyl sites for hydroxylation is 2. The number of benzene rings is 3. The van der Waals surface area contributed by atoms with Crippen molar-refractivity contribution in [2.24, 2.45) is 0 Å². The standard InChI is InChI=1S/C22H20/c1-17-13-14-18(2)21(15-17)22(20-11-7-4-8-12-20)16-19-9-5-3-6-10-19/h3-16H,1-2H3. The minimum Gasteiger partial charge on any atom is -0.0622 e. The summed E-state index contributed by atoms with van der Waals surface area (Å²) in [7, 11) is 0. The fraction of sp³-hybridized carbons (Fsp3) is 0.0909. The molecule has 0 heterocycles. The van der Waals surface area contributed by atoms with Crippen LogP contribution in [-0.4, -0.2) is 0 Å².